The fourth-order valence-electron chi connectivity index (χ4n) is 2.43. The second-order valence-electron chi connectivity index (χ2n) is 4.85. The molecule has 7 heteroatoms. The second-order valence-corrected chi connectivity index (χ2v) is 5.12. The molecule has 2 N–H and O–H groups in total. The van der Waals surface area contributed by atoms with Crippen LogP contribution in [-0.4, -0.2) is 41.1 Å². The first kappa shape index (κ1) is 13.9. The Kier molecular flexibility index (Phi) is 4.06. The van der Waals surface area contributed by atoms with Gasteiger partial charge in [0.25, 0.3) is 0 Å². The maximum absolute atomic E-state index is 5.78. The largest absolute Gasteiger partial charge is 0.368 e. The number of nitrogens with zero attached hydrogens (tertiary/aromatic N) is 5. The highest BCUT2D eigenvalue weighted by Gasteiger charge is 2.20. The van der Waals surface area contributed by atoms with Gasteiger partial charge < -0.3 is 15.5 Å². The van der Waals surface area contributed by atoms with E-state index in [9.17, 15) is 0 Å². The van der Waals surface area contributed by atoms with Gasteiger partial charge in [0.1, 0.15) is 0 Å². The summed E-state index contributed by atoms with van der Waals surface area (Å²) < 4.78 is 0. The van der Waals surface area contributed by atoms with Gasteiger partial charge in [-0.1, -0.05) is 18.2 Å². The van der Waals surface area contributed by atoms with Gasteiger partial charge in [0.05, 0.1) is 5.88 Å². The van der Waals surface area contributed by atoms with Crippen LogP contribution in [0.3, 0.4) is 0 Å². The number of hydrogen-bond donors (Lipinski definition) is 1. The molecule has 1 aromatic carbocycles. The molecule has 2 heterocycles. The van der Waals surface area contributed by atoms with Gasteiger partial charge in [-0.3, -0.25) is 0 Å². The number of rotatable bonds is 3. The minimum Gasteiger partial charge on any atom is -0.368 e. The lowest BCUT2D eigenvalue weighted by Crippen LogP contribution is -2.47. The van der Waals surface area contributed by atoms with Crippen LogP contribution in [0.25, 0.3) is 0 Å². The van der Waals surface area contributed by atoms with E-state index < -0.39 is 0 Å². The van der Waals surface area contributed by atoms with E-state index in [1.807, 2.05) is 6.07 Å². The molecule has 0 atom stereocenters. The van der Waals surface area contributed by atoms with Crippen LogP contribution >= 0.6 is 11.6 Å². The number of halogens is 1. The van der Waals surface area contributed by atoms with Gasteiger partial charge in [-0.05, 0) is 12.1 Å². The predicted octanol–water partition coefficient (Wildman–Crippen LogP) is 1.52. The fraction of sp³-hybridized carbons (Fsp3) is 0.357. The Morgan fingerprint density at radius 3 is 2.29 bits per heavy atom. The molecule has 2 aromatic rings. The van der Waals surface area contributed by atoms with Crippen molar-refractivity contribution in [3.63, 3.8) is 0 Å². The number of anilines is 3. The molecule has 1 fully saturated rings. The number of aromatic nitrogens is 3. The first-order chi connectivity index (χ1) is 10.3. The zero-order valence-electron chi connectivity index (χ0n) is 11.6. The number of nitrogen functional groups attached to an aromatic ring is 1. The number of benzene rings is 1. The molecular weight excluding hydrogens is 288 g/mol. The molecular formula is C14H17ClN6. The van der Waals surface area contributed by atoms with Crippen LogP contribution in [0.2, 0.25) is 0 Å². The lowest BCUT2D eigenvalue weighted by Gasteiger charge is -2.36. The molecule has 0 radical (unpaired) electrons. The molecule has 110 valence electrons. The number of alkyl halides is 1. The molecule has 1 aliphatic heterocycles. The van der Waals surface area contributed by atoms with E-state index in [-0.39, 0.29) is 11.8 Å². The summed E-state index contributed by atoms with van der Waals surface area (Å²) in [6, 6.07) is 10.4. The van der Waals surface area contributed by atoms with Crippen LogP contribution < -0.4 is 15.5 Å². The Morgan fingerprint density at radius 1 is 0.952 bits per heavy atom. The van der Waals surface area contributed by atoms with E-state index >= 15 is 0 Å². The molecule has 0 spiro atoms. The minimum atomic E-state index is 0.223. The molecule has 1 saturated heterocycles. The van der Waals surface area contributed by atoms with Crippen LogP contribution in [-0.2, 0) is 5.88 Å². The van der Waals surface area contributed by atoms with E-state index in [2.05, 4.69) is 49.0 Å². The first-order valence-corrected chi connectivity index (χ1v) is 7.41. The highest BCUT2D eigenvalue weighted by atomic mass is 35.5. The Hall–Kier alpha value is -2.08. The predicted molar refractivity (Wildman–Crippen MR) is 84.7 cm³/mol. The van der Waals surface area contributed by atoms with Gasteiger partial charge in [-0.25, -0.2) is 0 Å². The number of para-hydroxylation sites is 1. The monoisotopic (exact) mass is 304 g/mol. The second kappa shape index (κ2) is 6.13. The van der Waals surface area contributed by atoms with Gasteiger partial charge >= 0.3 is 0 Å². The normalized spacial score (nSPS) is 15.3. The van der Waals surface area contributed by atoms with E-state index in [1.165, 1.54) is 5.69 Å². The molecule has 0 bridgehead atoms. The third kappa shape index (κ3) is 3.16. The van der Waals surface area contributed by atoms with Gasteiger partial charge in [-0.15, -0.1) is 11.6 Å². The molecule has 0 aliphatic carbocycles. The zero-order valence-corrected chi connectivity index (χ0v) is 12.4. The van der Waals surface area contributed by atoms with E-state index in [0.717, 1.165) is 26.2 Å². The molecule has 0 saturated carbocycles. The molecule has 1 aliphatic rings. The van der Waals surface area contributed by atoms with Crippen molar-refractivity contribution < 1.29 is 0 Å². The van der Waals surface area contributed by atoms with Crippen LogP contribution in [0.5, 0.6) is 0 Å². The molecule has 6 nitrogen and oxygen atoms in total. The van der Waals surface area contributed by atoms with Crippen LogP contribution in [0, 0.1) is 0 Å². The molecule has 3 rings (SSSR count). The van der Waals surface area contributed by atoms with Crippen LogP contribution in [0.1, 0.15) is 5.82 Å². The number of hydrogen-bond acceptors (Lipinski definition) is 6. The highest BCUT2D eigenvalue weighted by Crippen LogP contribution is 2.18. The summed E-state index contributed by atoms with van der Waals surface area (Å²) in [5, 5.41) is 0. The highest BCUT2D eigenvalue weighted by molar-refractivity contribution is 6.16. The smallest absolute Gasteiger partial charge is 0.230 e. The molecule has 21 heavy (non-hydrogen) atoms. The van der Waals surface area contributed by atoms with Gasteiger partial charge in [0.15, 0.2) is 5.82 Å². The summed E-state index contributed by atoms with van der Waals surface area (Å²) in [7, 11) is 0. The Balaban J connectivity index is 1.70. The Bertz CT molecular complexity index is 598. The van der Waals surface area contributed by atoms with Gasteiger partial charge in [0, 0.05) is 31.9 Å². The summed E-state index contributed by atoms with van der Waals surface area (Å²) in [6.45, 7) is 3.54. The standard InChI is InChI=1S/C14H17ClN6/c15-10-12-17-13(16)19-14(18-12)21-8-6-20(7-9-21)11-4-2-1-3-5-11/h1-5H,6-10H2,(H2,16,17,18,19). The zero-order chi connectivity index (χ0) is 14.7. The van der Waals surface area contributed by atoms with Crippen molar-refractivity contribution in [2.24, 2.45) is 0 Å². The number of piperazine rings is 1. The van der Waals surface area contributed by atoms with Crippen LogP contribution in [0.15, 0.2) is 30.3 Å². The summed E-state index contributed by atoms with van der Waals surface area (Å²) >= 11 is 5.78. The average Bonchev–Trinajstić information content (AvgIpc) is 2.55. The minimum absolute atomic E-state index is 0.223. The lowest BCUT2D eigenvalue weighted by molar-refractivity contribution is 0.637. The van der Waals surface area contributed by atoms with Crippen molar-refractivity contribution in [3.8, 4) is 0 Å². The van der Waals surface area contributed by atoms with Crippen molar-refractivity contribution in [3.05, 3.63) is 36.2 Å². The van der Waals surface area contributed by atoms with Gasteiger partial charge in [-0.2, -0.15) is 15.0 Å². The third-order valence-corrected chi connectivity index (χ3v) is 3.73. The topological polar surface area (TPSA) is 71.2 Å². The quantitative estimate of drug-likeness (QED) is 0.867. The summed E-state index contributed by atoms with van der Waals surface area (Å²) in [5.41, 5.74) is 6.95. The molecule has 1 aromatic heterocycles. The maximum Gasteiger partial charge on any atom is 0.230 e. The lowest BCUT2D eigenvalue weighted by atomic mass is 10.2. The van der Waals surface area contributed by atoms with Crippen molar-refractivity contribution in [2.75, 3.05) is 41.7 Å². The maximum atomic E-state index is 5.78. The van der Waals surface area contributed by atoms with Crippen molar-refractivity contribution >= 4 is 29.2 Å². The van der Waals surface area contributed by atoms with E-state index in [1.54, 1.807) is 0 Å². The van der Waals surface area contributed by atoms with Crippen LogP contribution in [0.4, 0.5) is 17.6 Å². The fourth-order valence-corrected chi connectivity index (χ4v) is 2.55. The molecule has 0 unspecified atom stereocenters. The number of nitrogens with two attached hydrogens (primary N) is 1. The van der Waals surface area contributed by atoms with Crippen molar-refractivity contribution in [1.29, 1.82) is 0 Å². The van der Waals surface area contributed by atoms with E-state index in [4.69, 9.17) is 17.3 Å². The summed E-state index contributed by atoms with van der Waals surface area (Å²) in [6.07, 6.45) is 0. The van der Waals surface area contributed by atoms with Crippen molar-refractivity contribution in [2.45, 2.75) is 5.88 Å². The average molecular weight is 305 g/mol. The Labute approximate surface area is 128 Å². The third-order valence-electron chi connectivity index (χ3n) is 3.49. The molecule has 0 amide bonds. The Morgan fingerprint density at radius 2 is 1.62 bits per heavy atom. The van der Waals surface area contributed by atoms with Crippen molar-refractivity contribution in [1.82, 2.24) is 15.0 Å². The summed E-state index contributed by atoms with van der Waals surface area (Å²) in [5.74, 6) is 1.60. The van der Waals surface area contributed by atoms with E-state index in [0.29, 0.717) is 11.8 Å². The SMILES string of the molecule is Nc1nc(CCl)nc(N2CCN(c3ccccc3)CC2)n1. The summed E-state index contributed by atoms with van der Waals surface area (Å²) in [4.78, 5) is 17.0. The first-order valence-electron chi connectivity index (χ1n) is 6.87. The van der Waals surface area contributed by atoms with Gasteiger partial charge in [0.2, 0.25) is 11.9 Å².